The summed E-state index contributed by atoms with van der Waals surface area (Å²) in [4.78, 5) is 21.1. The fourth-order valence-corrected chi connectivity index (χ4v) is 1.81. The van der Waals surface area contributed by atoms with Gasteiger partial charge in [-0.2, -0.15) is 0 Å². The third-order valence-electron chi connectivity index (χ3n) is 2.67. The Kier molecular flexibility index (Phi) is 3.88. The highest BCUT2D eigenvalue weighted by molar-refractivity contribution is 5.76. The topological polar surface area (TPSA) is 92.4 Å². The van der Waals surface area contributed by atoms with E-state index in [2.05, 4.69) is 5.32 Å². The molecule has 0 unspecified atom stereocenters. The molecule has 1 aliphatic rings. The molecular weight excluding hydrogens is 184 g/mol. The molecule has 0 aromatic rings. The quantitative estimate of drug-likeness (QED) is 0.581. The van der Waals surface area contributed by atoms with Gasteiger partial charge in [0.05, 0.1) is 6.54 Å². The van der Waals surface area contributed by atoms with Crippen molar-refractivity contribution in [1.29, 1.82) is 0 Å². The highest BCUT2D eigenvalue weighted by Crippen LogP contribution is 2.23. The number of nitrogens with one attached hydrogen (secondary N) is 1. The van der Waals surface area contributed by atoms with Gasteiger partial charge >= 0.3 is 5.97 Å². The number of carboxylic acids is 1. The predicted octanol–water partition coefficient (Wildman–Crippen LogP) is -0.295. The molecule has 1 amide bonds. The number of carbonyl (C=O) groups excluding carboxylic acids is 1. The van der Waals surface area contributed by atoms with Crippen molar-refractivity contribution in [3.05, 3.63) is 0 Å². The molecule has 1 fully saturated rings. The number of hydrogen-bond donors (Lipinski definition) is 3. The number of nitrogens with two attached hydrogens (primary N) is 1. The van der Waals surface area contributed by atoms with Crippen LogP contribution in [0.5, 0.6) is 0 Å². The molecule has 1 aliphatic carbocycles. The van der Waals surface area contributed by atoms with E-state index < -0.39 is 5.97 Å². The number of amides is 1. The van der Waals surface area contributed by atoms with Crippen molar-refractivity contribution >= 4 is 11.9 Å². The first-order valence-electron chi connectivity index (χ1n) is 4.84. The summed E-state index contributed by atoms with van der Waals surface area (Å²) in [6, 6.07) is 0.224. The van der Waals surface area contributed by atoms with E-state index in [1.54, 1.807) is 0 Å². The summed E-state index contributed by atoms with van der Waals surface area (Å²) >= 11 is 0. The number of primary amides is 1. The van der Waals surface area contributed by atoms with Crippen LogP contribution in [0, 0.1) is 5.92 Å². The first-order valence-corrected chi connectivity index (χ1v) is 4.84. The zero-order valence-corrected chi connectivity index (χ0v) is 8.03. The standard InChI is InChI=1S/C9H16N2O3/c10-9(14)6-1-3-7(4-2-6)11-5-8(12)13/h6-7,11H,1-5H2,(H2,10,14)(H,12,13). The van der Waals surface area contributed by atoms with E-state index in [-0.39, 0.29) is 24.4 Å². The summed E-state index contributed by atoms with van der Waals surface area (Å²) in [5.74, 6) is -1.10. The molecule has 0 saturated heterocycles. The SMILES string of the molecule is NC(=O)C1CCC(NCC(=O)O)CC1. The minimum absolute atomic E-state index is 0.00803. The summed E-state index contributed by atoms with van der Waals surface area (Å²) in [5.41, 5.74) is 5.18. The Labute approximate surface area is 82.7 Å². The van der Waals surface area contributed by atoms with Crippen molar-refractivity contribution in [2.75, 3.05) is 6.54 Å². The van der Waals surface area contributed by atoms with Gasteiger partial charge in [-0.1, -0.05) is 0 Å². The van der Waals surface area contributed by atoms with Crippen molar-refractivity contribution in [2.24, 2.45) is 11.7 Å². The normalized spacial score (nSPS) is 27.1. The number of carbonyl (C=O) groups is 2. The maximum absolute atomic E-state index is 10.8. The Morgan fingerprint density at radius 3 is 2.29 bits per heavy atom. The highest BCUT2D eigenvalue weighted by Gasteiger charge is 2.24. The average Bonchev–Trinajstić information content (AvgIpc) is 2.15. The molecule has 5 nitrogen and oxygen atoms in total. The highest BCUT2D eigenvalue weighted by atomic mass is 16.4. The van der Waals surface area contributed by atoms with Gasteiger partial charge in [0, 0.05) is 12.0 Å². The fraction of sp³-hybridized carbons (Fsp3) is 0.778. The first kappa shape index (κ1) is 11.0. The molecule has 0 heterocycles. The van der Waals surface area contributed by atoms with Gasteiger partial charge in [0.15, 0.2) is 0 Å². The molecule has 1 saturated carbocycles. The van der Waals surface area contributed by atoms with Gasteiger partial charge < -0.3 is 16.2 Å². The summed E-state index contributed by atoms with van der Waals surface area (Å²) < 4.78 is 0. The van der Waals surface area contributed by atoms with Crippen LogP contribution in [-0.4, -0.2) is 29.6 Å². The number of hydrogen-bond acceptors (Lipinski definition) is 3. The van der Waals surface area contributed by atoms with E-state index >= 15 is 0 Å². The third kappa shape index (κ3) is 3.33. The number of aliphatic carboxylic acids is 1. The van der Waals surface area contributed by atoms with E-state index in [1.807, 2.05) is 0 Å². The monoisotopic (exact) mass is 200 g/mol. The van der Waals surface area contributed by atoms with E-state index in [0.29, 0.717) is 0 Å². The fourth-order valence-electron chi connectivity index (χ4n) is 1.81. The molecule has 1 rings (SSSR count). The molecule has 0 aromatic heterocycles. The van der Waals surface area contributed by atoms with E-state index in [1.165, 1.54) is 0 Å². The van der Waals surface area contributed by atoms with Gasteiger partial charge in [0.2, 0.25) is 5.91 Å². The Bertz CT molecular complexity index is 222. The molecule has 4 N–H and O–H groups in total. The summed E-state index contributed by atoms with van der Waals surface area (Å²) in [6.07, 6.45) is 3.21. The lowest BCUT2D eigenvalue weighted by molar-refractivity contribution is -0.136. The van der Waals surface area contributed by atoms with Crippen LogP contribution < -0.4 is 11.1 Å². The predicted molar refractivity (Wildman–Crippen MR) is 50.6 cm³/mol. The maximum Gasteiger partial charge on any atom is 0.317 e. The maximum atomic E-state index is 10.8. The number of rotatable bonds is 4. The van der Waals surface area contributed by atoms with Crippen molar-refractivity contribution < 1.29 is 14.7 Å². The Morgan fingerprint density at radius 1 is 1.29 bits per heavy atom. The van der Waals surface area contributed by atoms with Crippen LogP contribution in [0.4, 0.5) is 0 Å². The molecule has 0 radical (unpaired) electrons. The summed E-state index contributed by atoms with van der Waals surface area (Å²) in [7, 11) is 0. The molecule has 0 aliphatic heterocycles. The van der Waals surface area contributed by atoms with Crippen LogP contribution >= 0.6 is 0 Å². The average molecular weight is 200 g/mol. The lowest BCUT2D eigenvalue weighted by Crippen LogP contribution is -2.38. The summed E-state index contributed by atoms with van der Waals surface area (Å²) in [6.45, 7) is -0.00803. The molecule has 0 aromatic carbocycles. The van der Waals surface area contributed by atoms with Gasteiger partial charge in [-0.25, -0.2) is 0 Å². The molecule has 80 valence electrons. The zero-order valence-electron chi connectivity index (χ0n) is 8.03. The smallest absolute Gasteiger partial charge is 0.317 e. The van der Waals surface area contributed by atoms with Crippen molar-refractivity contribution in [3.8, 4) is 0 Å². The third-order valence-corrected chi connectivity index (χ3v) is 2.67. The zero-order chi connectivity index (χ0) is 10.6. The lowest BCUT2D eigenvalue weighted by Gasteiger charge is -2.26. The van der Waals surface area contributed by atoms with Crippen LogP contribution in [0.15, 0.2) is 0 Å². The van der Waals surface area contributed by atoms with Crippen LogP contribution in [-0.2, 0) is 9.59 Å². The Balaban J connectivity index is 2.22. The van der Waals surface area contributed by atoms with Gasteiger partial charge in [0.25, 0.3) is 0 Å². The van der Waals surface area contributed by atoms with Crippen LogP contribution in [0.2, 0.25) is 0 Å². The number of carboxylic acid groups (broad SMARTS) is 1. The van der Waals surface area contributed by atoms with E-state index in [0.717, 1.165) is 25.7 Å². The Hall–Kier alpha value is -1.10. The van der Waals surface area contributed by atoms with Crippen molar-refractivity contribution in [1.82, 2.24) is 5.32 Å². The van der Waals surface area contributed by atoms with Gasteiger partial charge in [-0.15, -0.1) is 0 Å². The molecular formula is C9H16N2O3. The second kappa shape index (κ2) is 4.95. The van der Waals surface area contributed by atoms with Crippen LogP contribution in [0.3, 0.4) is 0 Å². The van der Waals surface area contributed by atoms with Gasteiger partial charge in [0.1, 0.15) is 0 Å². The van der Waals surface area contributed by atoms with Gasteiger partial charge in [-0.05, 0) is 25.7 Å². The largest absolute Gasteiger partial charge is 0.480 e. The second-order valence-electron chi connectivity index (χ2n) is 3.73. The first-order chi connectivity index (χ1) is 6.59. The minimum Gasteiger partial charge on any atom is -0.480 e. The molecule has 14 heavy (non-hydrogen) atoms. The molecule has 0 spiro atoms. The van der Waals surface area contributed by atoms with Gasteiger partial charge in [-0.3, -0.25) is 9.59 Å². The van der Waals surface area contributed by atoms with E-state index in [9.17, 15) is 9.59 Å². The van der Waals surface area contributed by atoms with Crippen molar-refractivity contribution in [2.45, 2.75) is 31.7 Å². The van der Waals surface area contributed by atoms with E-state index in [4.69, 9.17) is 10.8 Å². The molecule has 0 bridgehead atoms. The summed E-state index contributed by atoms with van der Waals surface area (Å²) in [5, 5.41) is 11.4. The van der Waals surface area contributed by atoms with Crippen molar-refractivity contribution in [3.63, 3.8) is 0 Å². The van der Waals surface area contributed by atoms with Crippen LogP contribution in [0.25, 0.3) is 0 Å². The minimum atomic E-state index is -0.845. The second-order valence-corrected chi connectivity index (χ2v) is 3.73. The molecule has 5 heteroatoms. The Morgan fingerprint density at radius 2 is 1.86 bits per heavy atom. The lowest BCUT2D eigenvalue weighted by atomic mass is 9.85. The molecule has 0 atom stereocenters. The van der Waals surface area contributed by atoms with Crippen LogP contribution in [0.1, 0.15) is 25.7 Å².